The number of amides is 2. The number of nitro benzene ring substituents is 1. The molecule has 0 aliphatic rings. The van der Waals surface area contributed by atoms with Crippen molar-refractivity contribution < 1.29 is 37.5 Å². The zero-order valence-corrected chi connectivity index (χ0v) is 17.2. The Morgan fingerprint density at radius 2 is 1.72 bits per heavy atom. The van der Waals surface area contributed by atoms with E-state index in [0.29, 0.717) is 17.8 Å². The number of ether oxygens (including phenoxy) is 1. The highest BCUT2D eigenvalue weighted by atomic mass is 35.5. The van der Waals surface area contributed by atoms with Gasteiger partial charge >= 0.3 is 6.18 Å². The summed E-state index contributed by atoms with van der Waals surface area (Å²) in [6, 6.07) is 7.80. The third kappa shape index (κ3) is 6.56. The van der Waals surface area contributed by atoms with Crippen molar-refractivity contribution in [1.82, 2.24) is 0 Å². The van der Waals surface area contributed by atoms with E-state index < -0.39 is 52.1 Å². The molecular weight excluding hydrogens is 459 g/mol. The van der Waals surface area contributed by atoms with Gasteiger partial charge in [-0.05, 0) is 43.3 Å². The second-order valence-corrected chi connectivity index (χ2v) is 6.98. The summed E-state index contributed by atoms with van der Waals surface area (Å²) in [6.45, 7) is 0.513. The summed E-state index contributed by atoms with van der Waals surface area (Å²) in [7, 11) is 0. The molecule has 0 spiro atoms. The van der Waals surface area contributed by atoms with Crippen LogP contribution in [0.4, 0.5) is 30.2 Å². The zero-order valence-electron chi connectivity index (χ0n) is 16.4. The number of carbonyl (C=O) groups is 2. The van der Waals surface area contributed by atoms with E-state index >= 15 is 0 Å². The number of anilines is 2. The molecule has 2 amide bonds. The Bertz CT molecular complexity index is 1010. The Balaban J connectivity index is 2.06. The molecule has 0 radical (unpaired) electrons. The first-order valence-corrected chi connectivity index (χ1v) is 9.35. The number of alkyl halides is 4. The molecule has 0 aliphatic carbocycles. The van der Waals surface area contributed by atoms with Gasteiger partial charge in [-0.1, -0.05) is 0 Å². The van der Waals surface area contributed by atoms with E-state index in [2.05, 4.69) is 10.6 Å². The lowest BCUT2D eigenvalue weighted by Gasteiger charge is -2.23. The number of benzene rings is 2. The summed E-state index contributed by atoms with van der Waals surface area (Å²) in [5, 5.41) is 25.7. The Kier molecular flexibility index (Phi) is 7.65. The van der Waals surface area contributed by atoms with Crippen LogP contribution in [0.1, 0.15) is 12.5 Å². The molecule has 2 aromatic carbocycles. The number of carbonyl (C=O) groups excluding carboxylic acids is 2. The summed E-state index contributed by atoms with van der Waals surface area (Å²) in [5.41, 5.74) is -4.83. The maximum absolute atomic E-state index is 13.1. The lowest BCUT2D eigenvalue weighted by atomic mass is 10.1. The molecule has 0 saturated carbocycles. The van der Waals surface area contributed by atoms with Crippen LogP contribution in [0.3, 0.4) is 0 Å². The third-order valence-corrected chi connectivity index (χ3v) is 4.27. The minimum absolute atomic E-state index is 0.227. The van der Waals surface area contributed by atoms with Gasteiger partial charge < -0.3 is 20.5 Å². The van der Waals surface area contributed by atoms with Crippen molar-refractivity contribution >= 4 is 40.5 Å². The third-order valence-electron chi connectivity index (χ3n) is 4.03. The van der Waals surface area contributed by atoms with Crippen molar-refractivity contribution in [2.45, 2.75) is 18.7 Å². The Morgan fingerprint density at radius 3 is 2.25 bits per heavy atom. The standard InChI is InChI=1S/C19H17ClF3N3O6/c1-18(29,10-32-13-5-2-11(3-6-13)24-16(27)9-20)17(28)25-12-4-7-15(26(30)31)14(8-12)19(21,22)23/h2-8,29H,9-10H2,1H3,(H,24,27)(H,25,28)/t18-/m0/s1. The van der Waals surface area contributed by atoms with Crippen LogP contribution in [0, 0.1) is 10.1 Å². The van der Waals surface area contributed by atoms with Crippen molar-refractivity contribution in [2.24, 2.45) is 0 Å². The zero-order chi connectivity index (χ0) is 24.1. The second-order valence-electron chi connectivity index (χ2n) is 6.71. The van der Waals surface area contributed by atoms with Crippen molar-refractivity contribution in [3.63, 3.8) is 0 Å². The molecule has 0 bridgehead atoms. The normalized spacial score (nSPS) is 13.1. The fraction of sp³-hybridized carbons (Fsp3) is 0.263. The molecule has 3 N–H and O–H groups in total. The van der Waals surface area contributed by atoms with Crippen LogP contribution in [0.2, 0.25) is 0 Å². The first kappa shape index (κ1) is 24.9. The smallest absolute Gasteiger partial charge is 0.423 e. The van der Waals surface area contributed by atoms with E-state index in [1.807, 2.05) is 0 Å². The Hall–Kier alpha value is -3.38. The van der Waals surface area contributed by atoms with Crippen molar-refractivity contribution in [3.8, 4) is 5.75 Å². The monoisotopic (exact) mass is 475 g/mol. The lowest BCUT2D eigenvalue weighted by Crippen LogP contribution is -2.45. The van der Waals surface area contributed by atoms with Crippen LogP contribution in [-0.4, -0.2) is 39.9 Å². The first-order valence-electron chi connectivity index (χ1n) is 8.81. The largest absolute Gasteiger partial charge is 0.490 e. The van der Waals surface area contributed by atoms with Crippen LogP contribution in [0.15, 0.2) is 42.5 Å². The molecule has 0 heterocycles. The SMILES string of the molecule is C[C@](O)(COc1ccc(NC(=O)CCl)cc1)C(=O)Nc1ccc([N+](=O)[O-])c(C(F)(F)F)c1. The maximum atomic E-state index is 13.1. The molecular formula is C19H17ClF3N3O6. The number of aliphatic hydroxyl groups is 1. The summed E-state index contributed by atoms with van der Waals surface area (Å²) in [5.74, 6) is -1.50. The molecule has 1 atom stereocenters. The van der Waals surface area contributed by atoms with Crippen molar-refractivity contribution in [1.29, 1.82) is 0 Å². The average molecular weight is 476 g/mol. The number of hydrogen-bond donors (Lipinski definition) is 3. The molecule has 0 saturated heterocycles. The van der Waals surface area contributed by atoms with E-state index in [0.717, 1.165) is 13.0 Å². The highest BCUT2D eigenvalue weighted by molar-refractivity contribution is 6.29. The Labute approximate surface area is 184 Å². The van der Waals surface area contributed by atoms with Crippen LogP contribution in [-0.2, 0) is 15.8 Å². The number of nitrogens with zero attached hydrogens (tertiary/aromatic N) is 1. The Morgan fingerprint density at radius 1 is 1.12 bits per heavy atom. The van der Waals surface area contributed by atoms with Gasteiger partial charge in [0.05, 0.1) is 4.92 Å². The van der Waals surface area contributed by atoms with Crippen LogP contribution < -0.4 is 15.4 Å². The van der Waals surface area contributed by atoms with Crippen molar-refractivity contribution in [2.75, 3.05) is 23.1 Å². The number of nitro groups is 1. The summed E-state index contributed by atoms with van der Waals surface area (Å²) in [6.07, 6.45) is -5.02. The molecule has 2 aromatic rings. The second kappa shape index (κ2) is 9.83. The van der Waals surface area contributed by atoms with E-state index in [-0.39, 0.29) is 11.6 Å². The number of halogens is 4. The van der Waals surface area contributed by atoms with Gasteiger partial charge in [0.15, 0.2) is 5.60 Å². The number of nitrogens with one attached hydrogen (secondary N) is 2. The summed E-state index contributed by atoms with van der Waals surface area (Å²) in [4.78, 5) is 33.2. The highest BCUT2D eigenvalue weighted by Crippen LogP contribution is 2.37. The molecule has 0 aromatic heterocycles. The number of rotatable bonds is 8. The van der Waals surface area contributed by atoms with Gasteiger partial charge in [-0.25, -0.2) is 0 Å². The minimum atomic E-state index is -5.02. The van der Waals surface area contributed by atoms with Crippen LogP contribution in [0.25, 0.3) is 0 Å². The molecule has 32 heavy (non-hydrogen) atoms. The van der Waals surface area contributed by atoms with E-state index in [1.54, 1.807) is 0 Å². The predicted octanol–water partition coefficient (Wildman–Crippen LogP) is 3.56. The molecule has 9 nitrogen and oxygen atoms in total. The average Bonchev–Trinajstić information content (AvgIpc) is 2.72. The topological polar surface area (TPSA) is 131 Å². The van der Waals surface area contributed by atoms with Crippen molar-refractivity contribution in [3.05, 3.63) is 58.1 Å². The van der Waals surface area contributed by atoms with E-state index in [1.165, 1.54) is 24.3 Å². The van der Waals surface area contributed by atoms with E-state index in [9.17, 15) is 38.0 Å². The molecule has 13 heteroatoms. The minimum Gasteiger partial charge on any atom is -0.490 e. The molecule has 0 fully saturated rings. The lowest BCUT2D eigenvalue weighted by molar-refractivity contribution is -0.388. The fourth-order valence-electron chi connectivity index (χ4n) is 2.38. The molecule has 0 aliphatic heterocycles. The first-order chi connectivity index (χ1) is 14.8. The molecule has 0 unspecified atom stereocenters. The van der Waals surface area contributed by atoms with Crippen LogP contribution >= 0.6 is 11.6 Å². The highest BCUT2D eigenvalue weighted by Gasteiger charge is 2.39. The molecule has 2 rings (SSSR count). The van der Waals surface area contributed by atoms with Gasteiger partial charge in [-0.3, -0.25) is 19.7 Å². The van der Waals surface area contributed by atoms with Gasteiger partial charge in [0.1, 0.15) is 23.8 Å². The predicted molar refractivity (Wildman–Crippen MR) is 109 cm³/mol. The van der Waals surface area contributed by atoms with Gasteiger partial charge in [0, 0.05) is 17.4 Å². The van der Waals surface area contributed by atoms with Gasteiger partial charge in [-0.2, -0.15) is 13.2 Å². The number of hydrogen-bond acceptors (Lipinski definition) is 6. The maximum Gasteiger partial charge on any atom is 0.423 e. The quantitative estimate of drug-likeness (QED) is 0.304. The van der Waals surface area contributed by atoms with Crippen LogP contribution in [0.5, 0.6) is 5.75 Å². The fourth-order valence-corrected chi connectivity index (χ4v) is 2.45. The van der Waals surface area contributed by atoms with E-state index in [4.69, 9.17) is 16.3 Å². The van der Waals surface area contributed by atoms with Gasteiger partial charge in [0.25, 0.3) is 11.6 Å². The van der Waals surface area contributed by atoms with Gasteiger partial charge in [0.2, 0.25) is 5.91 Å². The molecule has 172 valence electrons. The summed E-state index contributed by atoms with van der Waals surface area (Å²) >= 11 is 5.39. The van der Waals surface area contributed by atoms with Gasteiger partial charge in [-0.15, -0.1) is 11.6 Å². The summed E-state index contributed by atoms with van der Waals surface area (Å²) < 4.78 is 44.5.